The van der Waals surface area contributed by atoms with Crippen molar-refractivity contribution in [3.8, 4) is 5.75 Å². The van der Waals surface area contributed by atoms with Crippen LogP contribution in [-0.4, -0.2) is 52.3 Å². The molecule has 1 aromatic heterocycles. The topological polar surface area (TPSA) is 65.8 Å². The van der Waals surface area contributed by atoms with Crippen LogP contribution in [0.15, 0.2) is 66.9 Å². The normalized spacial score (nSPS) is 14.7. The number of Topliss-reactive ketones (excluding diaryl/α,β-unsaturated/α-hetero) is 1. The molecule has 0 spiro atoms. The molecule has 0 atom stereocenters. The first-order chi connectivity index (χ1) is 15.9. The molecule has 0 bridgehead atoms. The van der Waals surface area contributed by atoms with Gasteiger partial charge in [-0.25, -0.2) is 0 Å². The zero-order chi connectivity index (χ0) is 23.4. The highest BCUT2D eigenvalue weighted by Gasteiger charge is 2.19. The van der Waals surface area contributed by atoms with E-state index in [0.717, 1.165) is 48.7 Å². The van der Waals surface area contributed by atoms with E-state index in [4.69, 9.17) is 0 Å². The number of anilines is 1. The third kappa shape index (κ3) is 5.41. The number of piperazine rings is 1. The Labute approximate surface area is 194 Å². The number of nitrogens with zero attached hydrogens (tertiary/aromatic N) is 3. The standard InChI is InChI=1S/C27H29N3O3/c1-20(31)21-5-8-25(9-6-21)30-16-14-29(15-17-30)19-23-18-22(7-11-27(23)33)26(32)12-10-24-4-3-13-28(24)2/h3-13,18,33H,14-17,19H2,1-2H3/b12-10+. The molecule has 6 nitrogen and oxygen atoms in total. The molecule has 33 heavy (non-hydrogen) atoms. The quantitative estimate of drug-likeness (QED) is 0.439. The third-order valence-electron chi connectivity index (χ3n) is 6.16. The number of aromatic nitrogens is 1. The summed E-state index contributed by atoms with van der Waals surface area (Å²) in [6.45, 7) is 5.58. The highest BCUT2D eigenvalue weighted by atomic mass is 16.3. The number of hydrogen-bond acceptors (Lipinski definition) is 5. The molecule has 0 unspecified atom stereocenters. The Balaban J connectivity index is 1.37. The second-order valence-corrected chi connectivity index (χ2v) is 8.45. The molecule has 1 saturated heterocycles. The summed E-state index contributed by atoms with van der Waals surface area (Å²) in [4.78, 5) is 28.7. The molecule has 0 saturated carbocycles. The van der Waals surface area contributed by atoms with Crippen molar-refractivity contribution in [2.24, 2.45) is 7.05 Å². The van der Waals surface area contributed by atoms with Crippen molar-refractivity contribution in [2.75, 3.05) is 31.1 Å². The molecule has 6 heteroatoms. The minimum absolute atomic E-state index is 0.0716. The van der Waals surface area contributed by atoms with Crippen molar-refractivity contribution in [3.05, 3.63) is 89.3 Å². The van der Waals surface area contributed by atoms with Crippen LogP contribution in [0.3, 0.4) is 0 Å². The number of allylic oxidation sites excluding steroid dienone is 1. The van der Waals surface area contributed by atoms with Gasteiger partial charge in [-0.3, -0.25) is 14.5 Å². The second-order valence-electron chi connectivity index (χ2n) is 8.45. The van der Waals surface area contributed by atoms with Crippen LogP contribution >= 0.6 is 0 Å². The van der Waals surface area contributed by atoms with Gasteiger partial charge in [-0.2, -0.15) is 0 Å². The number of rotatable bonds is 7. The van der Waals surface area contributed by atoms with Gasteiger partial charge in [0.05, 0.1) is 0 Å². The maximum absolute atomic E-state index is 12.7. The first kappa shape index (κ1) is 22.6. The van der Waals surface area contributed by atoms with Gasteiger partial charge in [0, 0.05) is 74.0 Å². The lowest BCUT2D eigenvalue weighted by molar-refractivity contribution is 0.101. The molecule has 1 fully saturated rings. The van der Waals surface area contributed by atoms with Crippen LogP contribution in [-0.2, 0) is 13.6 Å². The number of aromatic hydroxyl groups is 1. The maximum Gasteiger partial charge on any atom is 0.185 e. The van der Waals surface area contributed by atoms with Crippen molar-refractivity contribution in [1.29, 1.82) is 0 Å². The Kier molecular flexibility index (Phi) is 6.75. The molecule has 0 amide bonds. The molecule has 1 aliphatic heterocycles. The number of carbonyl (C=O) groups excluding carboxylic acids is 2. The lowest BCUT2D eigenvalue weighted by Gasteiger charge is -2.36. The van der Waals surface area contributed by atoms with Crippen LogP contribution in [0.4, 0.5) is 5.69 Å². The molecule has 1 N–H and O–H groups in total. The smallest absolute Gasteiger partial charge is 0.185 e. The van der Waals surface area contributed by atoms with E-state index in [1.54, 1.807) is 37.3 Å². The van der Waals surface area contributed by atoms with E-state index >= 15 is 0 Å². The van der Waals surface area contributed by atoms with Crippen molar-refractivity contribution >= 4 is 23.3 Å². The van der Waals surface area contributed by atoms with Gasteiger partial charge in [0.15, 0.2) is 11.6 Å². The number of benzene rings is 2. The molecule has 0 aliphatic carbocycles. The van der Waals surface area contributed by atoms with Gasteiger partial charge in [0.1, 0.15) is 5.75 Å². The third-order valence-corrected chi connectivity index (χ3v) is 6.16. The maximum atomic E-state index is 12.7. The number of carbonyl (C=O) groups is 2. The number of phenolic OH excluding ortho intramolecular Hbond substituents is 1. The van der Waals surface area contributed by atoms with Crippen LogP contribution in [0.5, 0.6) is 5.75 Å². The summed E-state index contributed by atoms with van der Waals surface area (Å²) in [6.07, 6.45) is 5.31. The minimum atomic E-state index is -0.0868. The van der Waals surface area contributed by atoms with Crippen molar-refractivity contribution in [3.63, 3.8) is 0 Å². The first-order valence-corrected chi connectivity index (χ1v) is 11.1. The molecule has 0 radical (unpaired) electrons. The van der Waals surface area contributed by atoms with Crippen LogP contribution in [0, 0.1) is 0 Å². The van der Waals surface area contributed by atoms with Gasteiger partial charge in [-0.05, 0) is 73.7 Å². The highest BCUT2D eigenvalue weighted by molar-refractivity contribution is 6.07. The lowest BCUT2D eigenvalue weighted by Crippen LogP contribution is -2.46. The number of phenols is 1. The van der Waals surface area contributed by atoms with E-state index in [0.29, 0.717) is 12.1 Å². The van der Waals surface area contributed by atoms with Crippen LogP contribution in [0.1, 0.15) is 38.9 Å². The summed E-state index contributed by atoms with van der Waals surface area (Å²) in [5.41, 5.74) is 4.11. The summed E-state index contributed by atoms with van der Waals surface area (Å²) in [6, 6.07) is 16.7. The molecular formula is C27H29N3O3. The second kappa shape index (κ2) is 9.88. The number of hydrogen-bond donors (Lipinski definition) is 1. The fraction of sp³-hybridized carbons (Fsp3) is 0.259. The Morgan fingerprint density at radius 3 is 2.30 bits per heavy atom. The van der Waals surface area contributed by atoms with E-state index in [1.807, 2.05) is 54.2 Å². The van der Waals surface area contributed by atoms with Gasteiger partial charge in [-0.15, -0.1) is 0 Å². The van der Waals surface area contributed by atoms with Crippen molar-refractivity contribution < 1.29 is 14.7 Å². The number of aryl methyl sites for hydroxylation is 1. The van der Waals surface area contributed by atoms with Crippen LogP contribution in [0.25, 0.3) is 6.08 Å². The SMILES string of the molecule is CC(=O)c1ccc(N2CCN(Cc3cc(C(=O)/C=C/c4cccn4C)ccc3O)CC2)cc1. The van der Waals surface area contributed by atoms with Crippen molar-refractivity contribution in [2.45, 2.75) is 13.5 Å². The summed E-state index contributed by atoms with van der Waals surface area (Å²) < 4.78 is 1.95. The predicted octanol–water partition coefficient (Wildman–Crippen LogP) is 4.15. The van der Waals surface area contributed by atoms with Gasteiger partial charge in [-0.1, -0.05) is 0 Å². The van der Waals surface area contributed by atoms with Gasteiger partial charge < -0.3 is 14.6 Å². The van der Waals surface area contributed by atoms with Gasteiger partial charge >= 0.3 is 0 Å². The van der Waals surface area contributed by atoms with Crippen LogP contribution < -0.4 is 4.90 Å². The van der Waals surface area contributed by atoms with Gasteiger partial charge in [0.25, 0.3) is 0 Å². The Morgan fingerprint density at radius 1 is 0.970 bits per heavy atom. The monoisotopic (exact) mass is 443 g/mol. The Hall–Kier alpha value is -3.64. The molecular weight excluding hydrogens is 414 g/mol. The highest BCUT2D eigenvalue weighted by Crippen LogP contribution is 2.23. The number of ketones is 2. The molecule has 2 heterocycles. The van der Waals surface area contributed by atoms with E-state index in [2.05, 4.69) is 9.80 Å². The Bertz CT molecular complexity index is 1170. The van der Waals surface area contributed by atoms with Crippen LogP contribution in [0.2, 0.25) is 0 Å². The van der Waals surface area contributed by atoms with E-state index in [9.17, 15) is 14.7 Å². The first-order valence-electron chi connectivity index (χ1n) is 11.1. The van der Waals surface area contributed by atoms with E-state index in [-0.39, 0.29) is 17.3 Å². The molecule has 1 aliphatic rings. The minimum Gasteiger partial charge on any atom is -0.508 e. The van der Waals surface area contributed by atoms with E-state index < -0.39 is 0 Å². The van der Waals surface area contributed by atoms with Gasteiger partial charge in [0.2, 0.25) is 0 Å². The van der Waals surface area contributed by atoms with E-state index in [1.165, 1.54) is 0 Å². The summed E-state index contributed by atoms with van der Waals surface area (Å²) in [5.74, 6) is 0.193. The largest absolute Gasteiger partial charge is 0.508 e. The summed E-state index contributed by atoms with van der Waals surface area (Å²) in [5, 5.41) is 10.4. The fourth-order valence-electron chi connectivity index (χ4n) is 4.08. The zero-order valence-electron chi connectivity index (χ0n) is 19.1. The molecule has 2 aromatic carbocycles. The Morgan fingerprint density at radius 2 is 1.67 bits per heavy atom. The summed E-state index contributed by atoms with van der Waals surface area (Å²) >= 11 is 0. The fourth-order valence-corrected chi connectivity index (χ4v) is 4.08. The predicted molar refractivity (Wildman–Crippen MR) is 131 cm³/mol. The molecule has 170 valence electrons. The van der Waals surface area contributed by atoms with Crippen molar-refractivity contribution in [1.82, 2.24) is 9.47 Å². The zero-order valence-corrected chi connectivity index (χ0v) is 19.1. The molecule has 3 aromatic rings. The summed E-state index contributed by atoms with van der Waals surface area (Å²) in [7, 11) is 1.93. The average Bonchev–Trinajstić information content (AvgIpc) is 3.24. The average molecular weight is 444 g/mol. The molecule has 4 rings (SSSR count). The lowest BCUT2D eigenvalue weighted by atomic mass is 10.0.